The zero-order chi connectivity index (χ0) is 33.2. The molecule has 5 rings (SSSR count). The minimum absolute atomic E-state index is 0.0196. The molecule has 4 aromatic carbocycles. The van der Waals surface area contributed by atoms with Crippen LogP contribution in [0.25, 0.3) is 11.1 Å². The first-order valence-corrected chi connectivity index (χ1v) is 17.6. The van der Waals surface area contributed by atoms with E-state index in [4.69, 9.17) is 15.8 Å². The third-order valence-electron chi connectivity index (χ3n) is 7.37. The molecule has 46 heavy (non-hydrogen) atoms. The van der Waals surface area contributed by atoms with Crippen molar-refractivity contribution in [1.82, 2.24) is 4.90 Å². The van der Waals surface area contributed by atoms with E-state index in [0.717, 1.165) is 17.2 Å². The van der Waals surface area contributed by atoms with Crippen LogP contribution in [0.1, 0.15) is 12.0 Å². The Labute approximate surface area is 271 Å². The molecule has 2 unspecified atom stereocenters. The molecular formula is C32H29ClFN3O7S2. The van der Waals surface area contributed by atoms with Gasteiger partial charge >= 0.3 is 6.03 Å². The van der Waals surface area contributed by atoms with Gasteiger partial charge in [-0.3, -0.25) is 8.98 Å². The number of urea groups is 1. The van der Waals surface area contributed by atoms with E-state index in [1.165, 1.54) is 24.3 Å². The van der Waals surface area contributed by atoms with Gasteiger partial charge in [-0.05, 0) is 66.6 Å². The average molecular weight is 686 g/mol. The number of likely N-dealkylation sites (tertiary alicyclic amines) is 1. The van der Waals surface area contributed by atoms with Crippen LogP contribution < -0.4 is 10.6 Å². The van der Waals surface area contributed by atoms with E-state index in [9.17, 15) is 26.4 Å². The lowest BCUT2D eigenvalue weighted by molar-refractivity contribution is -0.119. The van der Waals surface area contributed by atoms with Gasteiger partial charge < -0.3 is 15.5 Å². The normalized spacial score (nSPS) is 16.7. The zero-order valence-electron chi connectivity index (χ0n) is 24.6. The molecule has 1 aliphatic heterocycles. The number of anilines is 2. The molecule has 240 valence electrons. The Morgan fingerprint density at radius 3 is 2.20 bits per heavy atom. The minimum atomic E-state index is -4.25. The highest BCUT2D eigenvalue weighted by atomic mass is 35.5. The molecule has 2 N–H and O–H groups in total. The second kappa shape index (κ2) is 13.2. The molecule has 1 aliphatic rings. The SMILES string of the molecule is Cc1ccccc1S(=O)(=O)OC1CC(C(=O)Nc2ccc(-c3ccccc3S(C)(=O)=O)cc2F)N(C(=O)Nc2ccc(Cl)cc2)C1. The fourth-order valence-corrected chi connectivity index (χ4v) is 7.51. The summed E-state index contributed by atoms with van der Waals surface area (Å²) in [6, 6.07) is 20.5. The minimum Gasteiger partial charge on any atom is -0.322 e. The van der Waals surface area contributed by atoms with Crippen LogP contribution in [0.4, 0.5) is 20.6 Å². The van der Waals surface area contributed by atoms with Crippen LogP contribution >= 0.6 is 11.6 Å². The van der Waals surface area contributed by atoms with Gasteiger partial charge in [-0.2, -0.15) is 8.42 Å². The molecule has 1 fully saturated rings. The second-order valence-corrected chi connectivity index (χ2v) is 14.7. The molecule has 0 saturated carbocycles. The number of sulfone groups is 1. The van der Waals surface area contributed by atoms with Gasteiger partial charge in [0.05, 0.1) is 28.1 Å². The fourth-order valence-electron chi connectivity index (χ4n) is 5.17. The Hall–Kier alpha value is -4.30. The molecule has 1 heterocycles. The van der Waals surface area contributed by atoms with E-state index in [2.05, 4.69) is 10.6 Å². The fraction of sp³-hybridized carbons (Fsp3) is 0.188. The number of hydrogen-bond donors (Lipinski definition) is 2. The van der Waals surface area contributed by atoms with Crippen molar-refractivity contribution < 1.29 is 35.0 Å². The second-order valence-electron chi connectivity index (χ2n) is 10.7. The molecule has 14 heteroatoms. The van der Waals surface area contributed by atoms with Gasteiger partial charge in [0.15, 0.2) is 9.84 Å². The maximum atomic E-state index is 15.3. The summed E-state index contributed by atoms with van der Waals surface area (Å²) >= 11 is 5.94. The Bertz CT molecular complexity index is 2020. The van der Waals surface area contributed by atoms with E-state index in [-0.39, 0.29) is 39.6 Å². The summed E-state index contributed by atoms with van der Waals surface area (Å²) in [6.07, 6.45) is -0.237. The van der Waals surface area contributed by atoms with Crippen molar-refractivity contribution in [2.75, 3.05) is 23.4 Å². The number of nitrogens with zero attached hydrogens (tertiary/aromatic N) is 1. The highest BCUT2D eigenvalue weighted by Gasteiger charge is 2.42. The number of benzene rings is 4. The monoisotopic (exact) mass is 685 g/mol. The predicted octanol–water partition coefficient (Wildman–Crippen LogP) is 5.88. The molecule has 0 aromatic heterocycles. The lowest BCUT2D eigenvalue weighted by Crippen LogP contribution is -2.45. The molecule has 10 nitrogen and oxygen atoms in total. The van der Waals surface area contributed by atoms with Crippen molar-refractivity contribution in [1.29, 1.82) is 0 Å². The molecule has 0 bridgehead atoms. The maximum absolute atomic E-state index is 15.3. The summed E-state index contributed by atoms with van der Waals surface area (Å²) in [5.74, 6) is -1.63. The Morgan fingerprint density at radius 1 is 0.891 bits per heavy atom. The number of amides is 3. The Morgan fingerprint density at radius 2 is 1.54 bits per heavy atom. The van der Waals surface area contributed by atoms with Gasteiger partial charge in [0, 0.05) is 29.0 Å². The molecule has 0 aliphatic carbocycles. The van der Waals surface area contributed by atoms with Gasteiger partial charge in [0.1, 0.15) is 11.9 Å². The lowest BCUT2D eigenvalue weighted by atomic mass is 10.0. The molecule has 1 saturated heterocycles. The topological polar surface area (TPSA) is 139 Å². The van der Waals surface area contributed by atoms with Gasteiger partial charge in [0.25, 0.3) is 10.1 Å². The van der Waals surface area contributed by atoms with Crippen molar-refractivity contribution >= 4 is 54.9 Å². The summed E-state index contributed by atoms with van der Waals surface area (Å²) in [5.41, 5.74) is 1.18. The van der Waals surface area contributed by atoms with Crippen molar-refractivity contribution in [2.24, 2.45) is 0 Å². The van der Waals surface area contributed by atoms with E-state index >= 15 is 4.39 Å². The van der Waals surface area contributed by atoms with Crippen molar-refractivity contribution in [2.45, 2.75) is 35.3 Å². The maximum Gasteiger partial charge on any atom is 0.322 e. The van der Waals surface area contributed by atoms with E-state index in [1.807, 2.05) is 0 Å². The largest absolute Gasteiger partial charge is 0.322 e. The summed E-state index contributed by atoms with van der Waals surface area (Å²) in [6.45, 7) is 1.36. The van der Waals surface area contributed by atoms with Crippen LogP contribution in [-0.4, -0.2) is 58.6 Å². The van der Waals surface area contributed by atoms with Gasteiger partial charge in [-0.25, -0.2) is 17.6 Å². The number of carbonyl (C=O) groups excluding carboxylic acids is 2. The number of halogens is 2. The summed E-state index contributed by atoms with van der Waals surface area (Å²) in [4.78, 5) is 28.0. The zero-order valence-corrected chi connectivity index (χ0v) is 27.0. The highest BCUT2D eigenvalue weighted by Crippen LogP contribution is 2.31. The number of hydrogen-bond acceptors (Lipinski definition) is 7. The third-order valence-corrected chi connectivity index (χ3v) is 10.3. The third kappa shape index (κ3) is 7.39. The first-order chi connectivity index (χ1) is 21.7. The lowest BCUT2D eigenvalue weighted by Gasteiger charge is -2.24. The van der Waals surface area contributed by atoms with Crippen molar-refractivity contribution in [3.8, 4) is 11.1 Å². The molecule has 0 radical (unpaired) electrons. The van der Waals surface area contributed by atoms with Crippen molar-refractivity contribution in [3.63, 3.8) is 0 Å². The molecule has 0 spiro atoms. The van der Waals surface area contributed by atoms with Crippen LogP contribution in [-0.2, 0) is 28.9 Å². The molecule has 3 amide bonds. The average Bonchev–Trinajstić information content (AvgIpc) is 3.42. The smallest absolute Gasteiger partial charge is 0.322 e. The standard InChI is InChI=1S/C32H29ClFN3O7S2/c1-20-7-3-5-9-29(20)46(42,43)44-24-18-28(37(19-24)32(39)35-23-14-12-22(33)13-15-23)31(38)36-27-16-11-21(17-26(27)34)25-8-4-6-10-30(25)45(2,40)41/h3-17,24,28H,18-19H2,1-2H3,(H,35,39)(H,36,38). The first-order valence-electron chi connectivity index (χ1n) is 13.9. The van der Waals surface area contributed by atoms with E-state index in [1.54, 1.807) is 67.6 Å². The summed E-state index contributed by atoms with van der Waals surface area (Å²) in [7, 11) is -7.86. The van der Waals surface area contributed by atoms with Crippen LogP contribution in [0.2, 0.25) is 5.02 Å². The van der Waals surface area contributed by atoms with E-state index in [0.29, 0.717) is 16.3 Å². The van der Waals surface area contributed by atoms with Gasteiger partial charge in [-0.1, -0.05) is 54.1 Å². The van der Waals surface area contributed by atoms with Crippen LogP contribution in [0.15, 0.2) is 101 Å². The number of nitrogens with one attached hydrogen (secondary N) is 2. The Balaban J connectivity index is 1.40. The van der Waals surface area contributed by atoms with Gasteiger partial charge in [0.2, 0.25) is 5.91 Å². The van der Waals surface area contributed by atoms with Crippen LogP contribution in [0.5, 0.6) is 0 Å². The highest BCUT2D eigenvalue weighted by molar-refractivity contribution is 7.90. The predicted molar refractivity (Wildman–Crippen MR) is 172 cm³/mol. The number of rotatable bonds is 8. The number of aryl methyl sites for hydroxylation is 1. The Kier molecular flexibility index (Phi) is 9.49. The molecular weight excluding hydrogens is 657 g/mol. The van der Waals surface area contributed by atoms with Crippen molar-refractivity contribution in [3.05, 3.63) is 107 Å². The quantitative estimate of drug-likeness (QED) is 0.221. The van der Waals surface area contributed by atoms with Crippen LogP contribution in [0, 0.1) is 12.7 Å². The molecule has 4 aromatic rings. The van der Waals surface area contributed by atoms with E-state index < -0.39 is 49.9 Å². The van der Waals surface area contributed by atoms with Crippen LogP contribution in [0.3, 0.4) is 0 Å². The van der Waals surface area contributed by atoms with Gasteiger partial charge in [-0.15, -0.1) is 0 Å². The first kappa shape index (κ1) is 33.1. The summed E-state index contributed by atoms with van der Waals surface area (Å²) in [5, 5.41) is 5.58. The summed E-state index contributed by atoms with van der Waals surface area (Å²) < 4.78 is 71.6. The molecule has 2 atom stereocenters. The number of carbonyl (C=O) groups is 2.